The highest BCUT2D eigenvalue weighted by Gasteiger charge is 2.73. The summed E-state index contributed by atoms with van der Waals surface area (Å²) in [7, 11) is 0. The van der Waals surface area contributed by atoms with E-state index < -0.39 is 30.3 Å². The lowest BCUT2D eigenvalue weighted by Crippen LogP contribution is -3.00. The number of carboxylic acid groups (broad SMARTS) is 1. The third-order valence-electron chi connectivity index (χ3n) is 1.24. The van der Waals surface area contributed by atoms with E-state index in [1.54, 1.807) is 4.74 Å². The Labute approximate surface area is 90.5 Å². The van der Waals surface area contributed by atoms with Crippen LogP contribution in [0, 0.1) is 0 Å². The van der Waals surface area contributed by atoms with Crippen LogP contribution in [0.5, 0.6) is 0 Å². The van der Waals surface area contributed by atoms with Gasteiger partial charge >= 0.3 is 30.3 Å². The number of hydrogen-bond acceptors (Lipinski definition) is 2. The van der Waals surface area contributed by atoms with E-state index in [0.29, 0.717) is 0 Å². The maximum Gasteiger partial charge on any atom is 0.483 e. The van der Waals surface area contributed by atoms with Crippen molar-refractivity contribution in [2.75, 3.05) is 0 Å². The summed E-state index contributed by atoms with van der Waals surface area (Å²) < 4.78 is 108. The van der Waals surface area contributed by atoms with E-state index in [1.165, 1.54) is 0 Å². The molecule has 1 unspecified atom stereocenters. The summed E-state index contributed by atoms with van der Waals surface area (Å²) in [6.45, 7) is 0. The lowest BCUT2D eigenvalue weighted by molar-refractivity contribution is -0.460. The van der Waals surface area contributed by atoms with Gasteiger partial charge in [-0.3, -0.25) is 4.74 Å². The van der Waals surface area contributed by atoms with E-state index >= 15 is 0 Å². The van der Waals surface area contributed by atoms with Gasteiger partial charge in [-0.05, 0) is 0 Å². The van der Waals surface area contributed by atoms with E-state index in [4.69, 9.17) is 5.11 Å². The quantitative estimate of drug-likeness (QED) is 0.713. The van der Waals surface area contributed by atoms with Gasteiger partial charge in [-0.15, -0.1) is 0 Å². The molecule has 0 radical (unpaired) electrons. The van der Waals surface area contributed by atoms with E-state index in [1.807, 2.05) is 0 Å². The van der Waals surface area contributed by atoms with Crippen molar-refractivity contribution in [2.45, 2.75) is 24.3 Å². The number of carboxylic acids is 1. The highest BCUT2D eigenvalue weighted by atomic mass is 19.4. The average molecular weight is 299 g/mol. The van der Waals surface area contributed by atoms with E-state index in [0.717, 1.165) is 0 Å². The predicted molar refractivity (Wildman–Crippen MR) is 29.6 cm³/mol. The molecular weight excluding hydrogens is 298 g/mol. The Morgan fingerprint density at radius 1 is 0.833 bits per heavy atom. The molecule has 0 saturated carbocycles. The topological polar surface area (TPSA) is 46.5 Å². The van der Waals surface area contributed by atoms with Gasteiger partial charge in [0, 0.05) is 0 Å². The molecule has 0 aromatic rings. The molecule has 18 heavy (non-hydrogen) atoms. The Morgan fingerprint density at radius 2 is 1.17 bits per heavy atom. The Hall–Kier alpha value is -1.27. The third kappa shape index (κ3) is 3.36. The van der Waals surface area contributed by atoms with Gasteiger partial charge in [0.2, 0.25) is 0 Å². The average Bonchev–Trinajstić information content (AvgIpc) is 1.98. The van der Waals surface area contributed by atoms with Crippen molar-refractivity contribution in [1.82, 2.24) is 0 Å². The first-order valence-corrected chi connectivity index (χ1v) is 3.29. The van der Waals surface area contributed by atoms with Crippen molar-refractivity contribution >= 4 is 5.97 Å². The van der Waals surface area contributed by atoms with Crippen LogP contribution in [0.15, 0.2) is 0 Å². The van der Waals surface area contributed by atoms with Gasteiger partial charge in [0.25, 0.3) is 0 Å². The molecule has 110 valence electrons. The molecule has 0 aliphatic rings. The maximum atomic E-state index is 12.5. The molecule has 1 N–H and O–H groups in total. The molecule has 0 spiro atoms. The summed E-state index contributed by atoms with van der Waals surface area (Å²) in [5.41, 5.74) is 0. The van der Waals surface area contributed by atoms with Crippen LogP contribution in [0.2, 0.25) is 0 Å². The molecule has 0 aromatic heterocycles. The summed E-state index contributed by atoms with van der Waals surface area (Å²) in [5.74, 6) is -9.86. The largest absolute Gasteiger partial charge is 1.00 e. The van der Waals surface area contributed by atoms with Gasteiger partial charge in [-0.1, -0.05) is 0 Å². The minimum atomic E-state index is -6.70. The molecule has 0 aliphatic carbocycles. The number of hydrogen-bond donors (Lipinski definition) is 1. The van der Waals surface area contributed by atoms with Gasteiger partial charge < -0.3 is 9.81 Å². The molecule has 3 nitrogen and oxygen atoms in total. The lowest BCUT2D eigenvalue weighted by Gasteiger charge is -2.28. The Balaban J connectivity index is 0. The maximum absolute atomic E-state index is 12.5. The number of alkyl halides is 9. The number of halogens is 10. The minimum Gasteiger partial charge on any atom is -1.00 e. The Bertz CT molecular complexity index is 306. The van der Waals surface area contributed by atoms with Crippen LogP contribution in [0.4, 0.5) is 39.5 Å². The highest BCUT2D eigenvalue weighted by Crippen LogP contribution is 2.45. The molecule has 13 heteroatoms. The van der Waals surface area contributed by atoms with Crippen molar-refractivity contribution in [1.29, 1.82) is 0 Å². The fourth-order valence-electron chi connectivity index (χ4n) is 0.457. The summed E-state index contributed by atoms with van der Waals surface area (Å²) in [4.78, 5) is 9.75. The van der Waals surface area contributed by atoms with E-state index in [9.17, 15) is 44.3 Å². The fourth-order valence-corrected chi connectivity index (χ4v) is 0.457. The van der Waals surface area contributed by atoms with Crippen LogP contribution >= 0.6 is 0 Å². The van der Waals surface area contributed by atoms with Crippen LogP contribution in [-0.2, 0) is 9.53 Å². The second-order valence-corrected chi connectivity index (χ2v) is 2.51. The first-order chi connectivity index (χ1) is 7.15. The molecule has 0 fully saturated rings. The second-order valence-electron chi connectivity index (χ2n) is 2.51. The van der Waals surface area contributed by atoms with Gasteiger partial charge in [-0.2, -0.15) is 39.5 Å². The summed E-state index contributed by atoms with van der Waals surface area (Å²) >= 11 is 0. The summed E-state index contributed by atoms with van der Waals surface area (Å²) in [5, 5.41) is 7.68. The molecule has 0 bridgehead atoms. The van der Waals surface area contributed by atoms with Gasteiger partial charge in [-0.25, -0.2) is 4.79 Å². The van der Waals surface area contributed by atoms with Crippen LogP contribution < -0.4 is 4.70 Å². The predicted octanol–water partition coefficient (Wildman–Crippen LogP) is -0.525. The van der Waals surface area contributed by atoms with Gasteiger partial charge in [0.1, 0.15) is 0 Å². The zero-order chi connectivity index (χ0) is 14.3. The van der Waals surface area contributed by atoms with Crippen molar-refractivity contribution in [2.24, 2.45) is 0 Å². The lowest BCUT2D eigenvalue weighted by atomic mass is 10.3. The third-order valence-corrected chi connectivity index (χ3v) is 1.24. The summed E-state index contributed by atoms with van der Waals surface area (Å²) in [6.07, 6.45) is -19.9. The monoisotopic (exact) mass is 299 g/mol. The van der Waals surface area contributed by atoms with E-state index in [-0.39, 0.29) is 4.70 Å². The van der Waals surface area contributed by atoms with Crippen LogP contribution in [0.25, 0.3) is 0 Å². The van der Waals surface area contributed by atoms with Crippen molar-refractivity contribution in [3.05, 3.63) is 0 Å². The minimum absolute atomic E-state index is 0. The number of rotatable bonds is 3. The number of carbonyl (C=O) groups is 1. The first kappa shape index (κ1) is 19.1. The zero-order valence-electron chi connectivity index (χ0n) is 7.54. The molecule has 0 saturated heterocycles. The molecule has 0 amide bonds. The van der Waals surface area contributed by atoms with Gasteiger partial charge in [0.15, 0.2) is 0 Å². The molecule has 0 aromatic carbocycles. The SMILES string of the molecule is O=C(O)C(F)(OC(F)(F)C(F)(F)F)C(F)(F)F.[F-]. The Morgan fingerprint density at radius 3 is 1.33 bits per heavy atom. The number of ether oxygens (including phenoxy) is 1. The fraction of sp³-hybridized carbons (Fsp3) is 0.800. The summed E-state index contributed by atoms with van der Waals surface area (Å²) in [6, 6.07) is 0. The van der Waals surface area contributed by atoms with Crippen molar-refractivity contribution < 1.29 is 58.9 Å². The molecule has 0 aliphatic heterocycles. The van der Waals surface area contributed by atoms with Crippen LogP contribution in [0.3, 0.4) is 0 Å². The highest BCUT2D eigenvalue weighted by molar-refractivity contribution is 5.76. The van der Waals surface area contributed by atoms with Crippen molar-refractivity contribution in [3.63, 3.8) is 0 Å². The number of aliphatic carboxylic acids is 1. The molecule has 1 atom stereocenters. The van der Waals surface area contributed by atoms with Crippen molar-refractivity contribution in [3.8, 4) is 0 Å². The second kappa shape index (κ2) is 4.78. The Kier molecular flexibility index (Phi) is 5.06. The van der Waals surface area contributed by atoms with Crippen LogP contribution in [0.1, 0.15) is 0 Å². The first-order valence-electron chi connectivity index (χ1n) is 3.29. The van der Waals surface area contributed by atoms with E-state index in [2.05, 4.69) is 0 Å². The van der Waals surface area contributed by atoms with Crippen LogP contribution in [-0.4, -0.2) is 35.4 Å². The van der Waals surface area contributed by atoms with Gasteiger partial charge in [0.05, 0.1) is 0 Å². The molecule has 0 heterocycles. The standard InChI is InChI=1S/C5HF9O3.FH/c6-2(1(15)16,3(7,8)9)17-5(13,14)4(10,11)12;/h(H,15,16);1H/p-1. The zero-order valence-corrected chi connectivity index (χ0v) is 7.54. The molecular formula is C5HF10O3-. The smallest absolute Gasteiger partial charge is 0.483 e. The normalized spacial score (nSPS) is 16.7. The molecule has 0 rings (SSSR count).